The summed E-state index contributed by atoms with van der Waals surface area (Å²) in [5.74, 6) is 1.74. The number of hydrogen-bond donors (Lipinski definition) is 0. The normalized spacial score (nSPS) is 11.1. The first kappa shape index (κ1) is 16.1. The Morgan fingerprint density at radius 1 is 0.909 bits per heavy atom. The third-order valence-electron chi connectivity index (χ3n) is 3.36. The number of Topliss-reactive ketones (excluding diaryl/α,β-unsaturated/α-hetero) is 1. The molecule has 0 atom stereocenters. The van der Waals surface area contributed by atoms with Crippen LogP contribution in [0.1, 0.15) is 36.7 Å². The number of hydrogen-bond acceptors (Lipinski definition) is 3. The lowest BCUT2D eigenvalue weighted by Gasteiger charge is -2.16. The minimum atomic E-state index is -0.360. The lowest BCUT2D eigenvalue weighted by molar-refractivity contribution is 0.0858. The Balaban J connectivity index is 1.97. The monoisotopic (exact) mass is 298 g/mol. The van der Waals surface area contributed by atoms with Gasteiger partial charge < -0.3 is 9.47 Å². The zero-order valence-electron chi connectivity index (χ0n) is 13.6. The zero-order valence-corrected chi connectivity index (χ0v) is 13.6. The number of ether oxygens (including phenoxy) is 2. The number of ketones is 1. The molecule has 0 heterocycles. The maximum absolute atomic E-state index is 12.2. The lowest BCUT2D eigenvalue weighted by Crippen LogP contribution is -2.20. The quantitative estimate of drug-likeness (QED) is 0.762. The molecule has 0 aliphatic rings. The highest BCUT2D eigenvalue weighted by Crippen LogP contribution is 2.22. The Bertz CT molecular complexity index is 619. The minimum Gasteiger partial charge on any atom is -0.497 e. The van der Waals surface area contributed by atoms with Crippen molar-refractivity contribution in [1.82, 2.24) is 0 Å². The smallest absolute Gasteiger partial charge is 0.168 e. The average molecular weight is 298 g/mol. The first-order valence-corrected chi connectivity index (χ1v) is 7.31. The second-order valence-electron chi connectivity index (χ2n) is 6.24. The topological polar surface area (TPSA) is 35.5 Å². The molecule has 2 aromatic carbocycles. The van der Waals surface area contributed by atoms with Gasteiger partial charge in [-0.15, -0.1) is 0 Å². The largest absolute Gasteiger partial charge is 0.497 e. The van der Waals surface area contributed by atoms with E-state index >= 15 is 0 Å². The van der Waals surface area contributed by atoms with Crippen molar-refractivity contribution >= 4 is 5.78 Å². The number of methoxy groups -OCH3 is 1. The van der Waals surface area contributed by atoms with E-state index in [-0.39, 0.29) is 11.2 Å². The molecule has 0 aromatic heterocycles. The summed E-state index contributed by atoms with van der Waals surface area (Å²) in [6.45, 7) is 6.25. The van der Waals surface area contributed by atoms with Gasteiger partial charge in [-0.2, -0.15) is 0 Å². The van der Waals surface area contributed by atoms with Crippen LogP contribution in [-0.4, -0.2) is 12.9 Å². The predicted octanol–water partition coefficient (Wildman–Crippen LogP) is 4.50. The molecular weight excluding hydrogens is 276 g/mol. The van der Waals surface area contributed by atoms with Crippen LogP contribution in [0.25, 0.3) is 0 Å². The Morgan fingerprint density at radius 2 is 1.45 bits per heavy atom. The van der Waals surface area contributed by atoms with E-state index in [1.165, 1.54) is 0 Å². The summed E-state index contributed by atoms with van der Waals surface area (Å²) in [5, 5.41) is 0. The highest BCUT2D eigenvalue weighted by molar-refractivity contribution is 5.99. The van der Waals surface area contributed by atoms with Crippen molar-refractivity contribution in [1.29, 1.82) is 0 Å². The van der Waals surface area contributed by atoms with Crippen LogP contribution in [0.5, 0.6) is 11.5 Å². The summed E-state index contributed by atoms with van der Waals surface area (Å²) in [7, 11) is 1.64. The van der Waals surface area contributed by atoms with Gasteiger partial charge in [0.15, 0.2) is 5.78 Å². The molecule has 0 saturated carbocycles. The standard InChI is InChI=1S/C19H22O3/c1-19(2,3)18(20)15-7-5-14(6-8-15)13-22-17-11-9-16(21-4)10-12-17/h5-12H,13H2,1-4H3. The Kier molecular flexibility index (Phi) is 4.86. The molecule has 116 valence electrons. The van der Waals surface area contributed by atoms with Crippen LogP contribution in [-0.2, 0) is 6.61 Å². The number of carbonyl (C=O) groups is 1. The molecule has 0 aliphatic carbocycles. The van der Waals surface area contributed by atoms with Gasteiger partial charge in [-0.1, -0.05) is 45.0 Å². The van der Waals surface area contributed by atoms with Gasteiger partial charge in [-0.3, -0.25) is 4.79 Å². The molecule has 0 aliphatic heterocycles. The molecule has 2 aromatic rings. The lowest BCUT2D eigenvalue weighted by atomic mass is 9.86. The SMILES string of the molecule is COc1ccc(OCc2ccc(C(=O)C(C)(C)C)cc2)cc1. The molecular formula is C19H22O3. The molecule has 0 amide bonds. The van der Waals surface area contributed by atoms with Gasteiger partial charge in [0.1, 0.15) is 18.1 Å². The third kappa shape index (κ3) is 4.10. The van der Waals surface area contributed by atoms with Gasteiger partial charge in [-0.05, 0) is 29.8 Å². The molecule has 22 heavy (non-hydrogen) atoms. The van der Waals surface area contributed by atoms with Crippen LogP contribution in [0, 0.1) is 5.41 Å². The maximum Gasteiger partial charge on any atom is 0.168 e. The van der Waals surface area contributed by atoms with E-state index in [0.717, 1.165) is 22.6 Å². The van der Waals surface area contributed by atoms with Crippen molar-refractivity contribution in [2.24, 2.45) is 5.41 Å². The molecule has 0 unspecified atom stereocenters. The van der Waals surface area contributed by atoms with Gasteiger partial charge in [0.05, 0.1) is 7.11 Å². The van der Waals surface area contributed by atoms with Crippen molar-refractivity contribution in [2.75, 3.05) is 7.11 Å². The van der Waals surface area contributed by atoms with E-state index in [4.69, 9.17) is 9.47 Å². The molecule has 2 rings (SSSR count). The van der Waals surface area contributed by atoms with E-state index in [9.17, 15) is 4.79 Å². The van der Waals surface area contributed by atoms with Crippen LogP contribution in [0.15, 0.2) is 48.5 Å². The highest BCUT2D eigenvalue weighted by Gasteiger charge is 2.22. The Hall–Kier alpha value is -2.29. The fraction of sp³-hybridized carbons (Fsp3) is 0.316. The second-order valence-corrected chi connectivity index (χ2v) is 6.24. The summed E-state index contributed by atoms with van der Waals surface area (Å²) in [6.07, 6.45) is 0. The molecule has 0 N–H and O–H groups in total. The summed E-state index contributed by atoms with van der Waals surface area (Å²) in [4.78, 5) is 12.2. The first-order valence-electron chi connectivity index (χ1n) is 7.31. The maximum atomic E-state index is 12.2. The van der Waals surface area contributed by atoms with Crippen LogP contribution in [0.3, 0.4) is 0 Å². The molecule has 0 radical (unpaired) electrons. The minimum absolute atomic E-state index is 0.148. The van der Waals surface area contributed by atoms with Crippen molar-refractivity contribution in [3.05, 3.63) is 59.7 Å². The number of rotatable bonds is 5. The molecule has 0 saturated heterocycles. The number of benzene rings is 2. The summed E-state index contributed by atoms with van der Waals surface area (Å²) in [6, 6.07) is 15.1. The van der Waals surface area contributed by atoms with Gasteiger partial charge in [0, 0.05) is 11.0 Å². The van der Waals surface area contributed by atoms with Crippen molar-refractivity contribution < 1.29 is 14.3 Å². The molecule has 0 bridgehead atoms. The first-order chi connectivity index (χ1) is 10.4. The fourth-order valence-corrected chi connectivity index (χ4v) is 2.02. The summed E-state index contributed by atoms with van der Waals surface area (Å²) >= 11 is 0. The van der Waals surface area contributed by atoms with E-state index in [2.05, 4.69) is 0 Å². The molecule has 3 nitrogen and oxygen atoms in total. The van der Waals surface area contributed by atoms with E-state index < -0.39 is 0 Å². The van der Waals surface area contributed by atoms with Crippen LogP contribution >= 0.6 is 0 Å². The van der Waals surface area contributed by atoms with E-state index in [0.29, 0.717) is 6.61 Å². The zero-order chi connectivity index (χ0) is 16.2. The van der Waals surface area contributed by atoms with Crippen molar-refractivity contribution in [3.63, 3.8) is 0 Å². The van der Waals surface area contributed by atoms with Crippen LogP contribution in [0.2, 0.25) is 0 Å². The fourth-order valence-electron chi connectivity index (χ4n) is 2.02. The van der Waals surface area contributed by atoms with Gasteiger partial charge in [-0.25, -0.2) is 0 Å². The average Bonchev–Trinajstić information content (AvgIpc) is 2.52. The highest BCUT2D eigenvalue weighted by atomic mass is 16.5. The molecule has 0 fully saturated rings. The van der Waals surface area contributed by atoms with Gasteiger partial charge in [0.25, 0.3) is 0 Å². The Morgan fingerprint density at radius 3 is 1.95 bits per heavy atom. The molecule has 3 heteroatoms. The molecule has 0 spiro atoms. The van der Waals surface area contributed by atoms with Crippen molar-refractivity contribution in [3.8, 4) is 11.5 Å². The predicted molar refractivity (Wildman–Crippen MR) is 87.6 cm³/mol. The van der Waals surface area contributed by atoms with E-state index in [1.54, 1.807) is 7.11 Å². The number of carbonyl (C=O) groups excluding carboxylic acids is 1. The second kappa shape index (κ2) is 6.65. The summed E-state index contributed by atoms with van der Waals surface area (Å²) < 4.78 is 10.8. The van der Waals surface area contributed by atoms with E-state index in [1.807, 2.05) is 69.3 Å². The van der Waals surface area contributed by atoms with Crippen molar-refractivity contribution in [2.45, 2.75) is 27.4 Å². The summed E-state index contributed by atoms with van der Waals surface area (Å²) in [5.41, 5.74) is 1.41. The third-order valence-corrected chi connectivity index (χ3v) is 3.36. The van der Waals surface area contributed by atoms with Gasteiger partial charge >= 0.3 is 0 Å². The van der Waals surface area contributed by atoms with Crippen LogP contribution < -0.4 is 9.47 Å². The van der Waals surface area contributed by atoms with Crippen LogP contribution in [0.4, 0.5) is 0 Å². The Labute approximate surface area is 131 Å². The van der Waals surface area contributed by atoms with Gasteiger partial charge in [0.2, 0.25) is 0 Å².